The predicted octanol–water partition coefficient (Wildman–Crippen LogP) is 4.05. The first kappa shape index (κ1) is 13.4. The Hall–Kier alpha value is -1.08. The van der Waals surface area contributed by atoms with E-state index in [1.54, 1.807) is 0 Å². The molecule has 1 aromatic carbocycles. The van der Waals surface area contributed by atoms with E-state index < -0.39 is 0 Å². The van der Waals surface area contributed by atoms with Gasteiger partial charge in [-0.1, -0.05) is 42.5 Å². The van der Waals surface area contributed by atoms with E-state index in [1.807, 2.05) is 0 Å². The molecule has 1 aromatic rings. The van der Waals surface area contributed by atoms with E-state index in [1.165, 1.54) is 49.8 Å². The average Bonchev–Trinajstić information content (AvgIpc) is 2.76. The Labute approximate surface area is 112 Å². The molecule has 1 atom stereocenters. The lowest BCUT2D eigenvalue weighted by atomic mass is 9.99. The number of rotatable bonds is 6. The molecule has 18 heavy (non-hydrogen) atoms. The SMILES string of the molecule is C=C(CCCC1CCCN1C)Cc1ccccc1. The van der Waals surface area contributed by atoms with Crippen LogP contribution in [-0.2, 0) is 6.42 Å². The molecular weight excluding hydrogens is 218 g/mol. The van der Waals surface area contributed by atoms with Crippen molar-refractivity contribution >= 4 is 0 Å². The van der Waals surface area contributed by atoms with Gasteiger partial charge in [0.1, 0.15) is 0 Å². The number of allylic oxidation sites excluding steroid dienone is 1. The van der Waals surface area contributed by atoms with Gasteiger partial charge >= 0.3 is 0 Å². The van der Waals surface area contributed by atoms with Gasteiger partial charge in [-0.3, -0.25) is 0 Å². The highest BCUT2D eigenvalue weighted by molar-refractivity contribution is 5.20. The van der Waals surface area contributed by atoms with Gasteiger partial charge in [-0.2, -0.15) is 0 Å². The second-order valence-electron chi connectivity index (χ2n) is 5.58. The molecule has 0 aliphatic carbocycles. The molecule has 0 amide bonds. The van der Waals surface area contributed by atoms with Crippen LogP contribution in [0, 0.1) is 0 Å². The molecule has 0 spiro atoms. The van der Waals surface area contributed by atoms with Gasteiger partial charge < -0.3 is 4.90 Å². The fourth-order valence-corrected chi connectivity index (χ4v) is 2.90. The standard InChI is InChI=1S/C17H25N/c1-15(14-16-9-4-3-5-10-16)8-6-11-17-12-7-13-18(17)2/h3-5,9-10,17H,1,6-8,11-14H2,2H3. The molecule has 98 valence electrons. The summed E-state index contributed by atoms with van der Waals surface area (Å²) < 4.78 is 0. The Bertz CT molecular complexity index is 368. The van der Waals surface area contributed by atoms with Crippen molar-refractivity contribution in [3.05, 3.63) is 48.0 Å². The van der Waals surface area contributed by atoms with Crippen LogP contribution in [0.1, 0.15) is 37.7 Å². The second-order valence-corrected chi connectivity index (χ2v) is 5.58. The van der Waals surface area contributed by atoms with E-state index >= 15 is 0 Å². The van der Waals surface area contributed by atoms with E-state index in [4.69, 9.17) is 0 Å². The largest absolute Gasteiger partial charge is 0.303 e. The molecule has 1 heteroatoms. The minimum Gasteiger partial charge on any atom is -0.303 e. The lowest BCUT2D eigenvalue weighted by Gasteiger charge is -2.19. The molecule has 1 heterocycles. The van der Waals surface area contributed by atoms with Crippen molar-refractivity contribution in [1.29, 1.82) is 0 Å². The van der Waals surface area contributed by atoms with Gasteiger partial charge in [-0.25, -0.2) is 0 Å². The second kappa shape index (κ2) is 6.75. The summed E-state index contributed by atoms with van der Waals surface area (Å²) in [5.41, 5.74) is 2.77. The molecule has 0 bridgehead atoms. The van der Waals surface area contributed by atoms with Crippen LogP contribution in [0.15, 0.2) is 42.5 Å². The zero-order valence-corrected chi connectivity index (χ0v) is 11.6. The molecule has 1 aliphatic heterocycles. The summed E-state index contributed by atoms with van der Waals surface area (Å²) in [6.07, 6.45) is 7.62. The minimum absolute atomic E-state index is 0.828. The number of likely N-dealkylation sites (tertiary alicyclic amines) is 1. The molecule has 1 saturated heterocycles. The quantitative estimate of drug-likeness (QED) is 0.681. The van der Waals surface area contributed by atoms with Crippen molar-refractivity contribution in [3.63, 3.8) is 0 Å². The average molecular weight is 243 g/mol. The van der Waals surface area contributed by atoms with Crippen LogP contribution in [0.5, 0.6) is 0 Å². The van der Waals surface area contributed by atoms with Gasteiger partial charge in [0.15, 0.2) is 0 Å². The third kappa shape index (κ3) is 3.99. The van der Waals surface area contributed by atoms with Crippen LogP contribution in [-0.4, -0.2) is 24.5 Å². The fraction of sp³-hybridized carbons (Fsp3) is 0.529. The molecule has 1 unspecified atom stereocenters. The van der Waals surface area contributed by atoms with Crippen LogP contribution in [0.2, 0.25) is 0 Å². The Morgan fingerprint density at radius 1 is 1.33 bits per heavy atom. The third-order valence-corrected chi connectivity index (χ3v) is 4.04. The predicted molar refractivity (Wildman–Crippen MR) is 78.8 cm³/mol. The molecule has 1 nitrogen and oxygen atoms in total. The van der Waals surface area contributed by atoms with Crippen LogP contribution in [0.4, 0.5) is 0 Å². The van der Waals surface area contributed by atoms with Crippen LogP contribution in [0.3, 0.4) is 0 Å². The topological polar surface area (TPSA) is 3.24 Å². The highest BCUT2D eigenvalue weighted by Gasteiger charge is 2.19. The number of benzene rings is 1. The Morgan fingerprint density at radius 2 is 2.11 bits per heavy atom. The maximum Gasteiger partial charge on any atom is 0.00927 e. The monoisotopic (exact) mass is 243 g/mol. The first-order valence-corrected chi connectivity index (χ1v) is 7.16. The van der Waals surface area contributed by atoms with Crippen molar-refractivity contribution in [2.24, 2.45) is 0 Å². The highest BCUT2D eigenvalue weighted by atomic mass is 15.1. The first-order valence-electron chi connectivity index (χ1n) is 7.16. The summed E-state index contributed by atoms with van der Waals surface area (Å²) in [6, 6.07) is 11.5. The van der Waals surface area contributed by atoms with Gasteiger partial charge in [-0.05, 0) is 57.7 Å². The molecule has 2 rings (SSSR count). The Balaban J connectivity index is 1.66. The maximum absolute atomic E-state index is 4.22. The molecule has 0 saturated carbocycles. The number of hydrogen-bond acceptors (Lipinski definition) is 1. The summed E-state index contributed by atoms with van der Waals surface area (Å²) in [7, 11) is 2.26. The Morgan fingerprint density at radius 3 is 2.78 bits per heavy atom. The zero-order valence-electron chi connectivity index (χ0n) is 11.6. The van der Waals surface area contributed by atoms with Gasteiger partial charge in [-0.15, -0.1) is 0 Å². The van der Waals surface area contributed by atoms with Gasteiger partial charge in [0.2, 0.25) is 0 Å². The van der Waals surface area contributed by atoms with E-state index in [0.717, 1.165) is 12.5 Å². The molecule has 0 radical (unpaired) electrons. The van der Waals surface area contributed by atoms with Crippen LogP contribution in [0.25, 0.3) is 0 Å². The number of nitrogens with zero attached hydrogens (tertiary/aromatic N) is 1. The van der Waals surface area contributed by atoms with Crippen molar-refractivity contribution in [3.8, 4) is 0 Å². The molecule has 1 fully saturated rings. The molecule has 0 aromatic heterocycles. The highest BCUT2D eigenvalue weighted by Crippen LogP contribution is 2.21. The Kier molecular flexibility index (Phi) is 5.00. The normalized spacial score (nSPS) is 20.2. The maximum atomic E-state index is 4.22. The van der Waals surface area contributed by atoms with Crippen LogP contribution >= 0.6 is 0 Å². The lowest BCUT2D eigenvalue weighted by molar-refractivity contribution is 0.292. The van der Waals surface area contributed by atoms with Crippen LogP contribution < -0.4 is 0 Å². The van der Waals surface area contributed by atoms with Crippen molar-refractivity contribution in [2.75, 3.05) is 13.6 Å². The van der Waals surface area contributed by atoms with Crippen molar-refractivity contribution in [2.45, 2.75) is 44.6 Å². The third-order valence-electron chi connectivity index (χ3n) is 4.04. The van der Waals surface area contributed by atoms with E-state index in [-0.39, 0.29) is 0 Å². The van der Waals surface area contributed by atoms with Gasteiger partial charge in [0.05, 0.1) is 0 Å². The fourth-order valence-electron chi connectivity index (χ4n) is 2.90. The minimum atomic E-state index is 0.828. The van der Waals surface area contributed by atoms with E-state index in [9.17, 15) is 0 Å². The van der Waals surface area contributed by atoms with Crippen molar-refractivity contribution in [1.82, 2.24) is 4.90 Å². The molecular formula is C17H25N. The lowest BCUT2D eigenvalue weighted by Crippen LogP contribution is -2.24. The van der Waals surface area contributed by atoms with E-state index in [0.29, 0.717) is 0 Å². The molecule has 1 aliphatic rings. The van der Waals surface area contributed by atoms with Gasteiger partial charge in [0, 0.05) is 6.04 Å². The smallest absolute Gasteiger partial charge is 0.00927 e. The first-order chi connectivity index (χ1) is 8.75. The zero-order chi connectivity index (χ0) is 12.8. The molecule has 0 N–H and O–H groups in total. The summed E-state index contributed by atoms with van der Waals surface area (Å²) in [5.74, 6) is 0. The van der Waals surface area contributed by atoms with Gasteiger partial charge in [0.25, 0.3) is 0 Å². The number of hydrogen-bond donors (Lipinski definition) is 0. The van der Waals surface area contributed by atoms with Crippen molar-refractivity contribution < 1.29 is 0 Å². The summed E-state index contributed by atoms with van der Waals surface area (Å²) in [5, 5.41) is 0. The summed E-state index contributed by atoms with van der Waals surface area (Å²) >= 11 is 0. The van der Waals surface area contributed by atoms with E-state index in [2.05, 4.69) is 48.9 Å². The summed E-state index contributed by atoms with van der Waals surface area (Å²) in [6.45, 7) is 5.51. The summed E-state index contributed by atoms with van der Waals surface area (Å²) in [4.78, 5) is 2.51.